The molecule has 0 amide bonds. The first-order valence-corrected chi connectivity index (χ1v) is 7.77. The van der Waals surface area contributed by atoms with Crippen LogP contribution in [-0.4, -0.2) is 38.8 Å². The fraction of sp³-hybridized carbons (Fsp3) is 0.706. The van der Waals surface area contributed by atoms with Crippen LogP contribution >= 0.6 is 0 Å². The monoisotopic (exact) mass is 296 g/mol. The van der Waals surface area contributed by atoms with Gasteiger partial charge in [-0.3, -0.25) is 4.79 Å². The minimum absolute atomic E-state index is 0.0359. The van der Waals surface area contributed by atoms with Gasteiger partial charge in [0, 0.05) is 26.7 Å². The molecule has 0 aliphatic carbocycles. The van der Waals surface area contributed by atoms with Gasteiger partial charge in [0.15, 0.2) is 5.78 Å². The zero-order valence-electron chi connectivity index (χ0n) is 13.7. The lowest BCUT2D eigenvalue weighted by molar-refractivity contribution is -0.121. The molecule has 1 saturated heterocycles. The zero-order chi connectivity index (χ0) is 15.7. The summed E-state index contributed by atoms with van der Waals surface area (Å²) in [5.74, 6) is 1.18. The molecule has 4 heteroatoms. The normalized spacial score (nSPS) is 23.1. The van der Waals surface area contributed by atoms with Gasteiger partial charge < -0.3 is 14.2 Å². The van der Waals surface area contributed by atoms with E-state index in [0.717, 1.165) is 12.8 Å². The molecule has 1 fully saturated rings. The molecule has 0 radical (unpaired) electrons. The van der Waals surface area contributed by atoms with Crippen molar-refractivity contribution in [1.29, 1.82) is 0 Å². The number of carbonyl (C=O) groups is 1. The number of allylic oxidation sites excluding steroid dienone is 2. The van der Waals surface area contributed by atoms with Crippen molar-refractivity contribution < 1.29 is 19.0 Å². The summed E-state index contributed by atoms with van der Waals surface area (Å²) in [5.41, 5.74) is 0.704. The van der Waals surface area contributed by atoms with E-state index in [2.05, 4.69) is 13.8 Å². The van der Waals surface area contributed by atoms with Gasteiger partial charge in [0.1, 0.15) is 11.9 Å². The summed E-state index contributed by atoms with van der Waals surface area (Å²) in [6, 6.07) is 0. The molecule has 0 spiro atoms. The number of methoxy groups -OCH3 is 1. The Kier molecular flexibility index (Phi) is 8.31. The summed E-state index contributed by atoms with van der Waals surface area (Å²) in [6.45, 7) is 7.97. The molecule has 0 N–H and O–H groups in total. The van der Waals surface area contributed by atoms with Crippen molar-refractivity contribution in [2.45, 2.75) is 46.1 Å². The van der Waals surface area contributed by atoms with Gasteiger partial charge in [-0.2, -0.15) is 0 Å². The van der Waals surface area contributed by atoms with Crippen LogP contribution in [0.2, 0.25) is 0 Å². The van der Waals surface area contributed by atoms with Crippen LogP contribution in [-0.2, 0) is 19.0 Å². The molecule has 1 heterocycles. The van der Waals surface area contributed by atoms with E-state index < -0.39 is 0 Å². The number of ketones is 1. The SMILES string of the molecule is CC/C=C1/C(=O)CC(C(C)C)O/C1=C/COCCCOC. The van der Waals surface area contributed by atoms with Gasteiger partial charge in [0.05, 0.1) is 12.2 Å². The number of Topliss-reactive ketones (excluding diaryl/α,β-unsaturated/α-hetero) is 1. The molecule has 1 aliphatic heterocycles. The quantitative estimate of drug-likeness (QED) is 0.509. The van der Waals surface area contributed by atoms with Crippen LogP contribution in [0.25, 0.3) is 0 Å². The molecule has 0 saturated carbocycles. The van der Waals surface area contributed by atoms with Crippen LogP contribution in [0.3, 0.4) is 0 Å². The maximum absolute atomic E-state index is 12.2. The fourth-order valence-electron chi connectivity index (χ4n) is 2.17. The summed E-state index contributed by atoms with van der Waals surface area (Å²) in [4.78, 5) is 12.2. The highest BCUT2D eigenvalue weighted by molar-refractivity contribution is 6.00. The summed E-state index contributed by atoms with van der Waals surface area (Å²) in [7, 11) is 1.68. The van der Waals surface area contributed by atoms with Crippen LogP contribution in [0, 0.1) is 5.92 Å². The van der Waals surface area contributed by atoms with E-state index in [9.17, 15) is 4.79 Å². The lowest BCUT2D eigenvalue weighted by Crippen LogP contribution is -2.30. The topological polar surface area (TPSA) is 44.8 Å². The Morgan fingerprint density at radius 1 is 1.33 bits per heavy atom. The molecule has 120 valence electrons. The smallest absolute Gasteiger partial charge is 0.169 e. The third-order valence-corrected chi connectivity index (χ3v) is 3.41. The second-order valence-electron chi connectivity index (χ2n) is 5.54. The highest BCUT2D eigenvalue weighted by atomic mass is 16.5. The molecule has 1 rings (SSSR count). The Labute approximate surface area is 128 Å². The van der Waals surface area contributed by atoms with Gasteiger partial charge in [0.25, 0.3) is 0 Å². The van der Waals surface area contributed by atoms with Crippen molar-refractivity contribution in [3.05, 3.63) is 23.5 Å². The van der Waals surface area contributed by atoms with E-state index in [0.29, 0.717) is 43.5 Å². The Hall–Kier alpha value is -1.13. The number of ether oxygens (including phenoxy) is 3. The minimum Gasteiger partial charge on any atom is -0.489 e. The molecule has 0 aromatic heterocycles. The highest BCUT2D eigenvalue weighted by Crippen LogP contribution is 2.28. The third-order valence-electron chi connectivity index (χ3n) is 3.41. The van der Waals surface area contributed by atoms with Gasteiger partial charge in [-0.1, -0.05) is 26.8 Å². The standard InChI is InChI=1S/C17H28O4/c1-5-7-14-15(18)12-17(13(2)3)21-16(14)8-11-20-10-6-9-19-4/h7-8,13,17H,5-6,9-12H2,1-4H3/b14-7-,16-8+. The summed E-state index contributed by atoms with van der Waals surface area (Å²) in [5, 5.41) is 0. The average molecular weight is 296 g/mol. The molecule has 0 aromatic carbocycles. The van der Waals surface area contributed by atoms with Crippen LogP contribution < -0.4 is 0 Å². The van der Waals surface area contributed by atoms with E-state index >= 15 is 0 Å². The first-order chi connectivity index (χ1) is 10.1. The van der Waals surface area contributed by atoms with Gasteiger partial charge in [-0.25, -0.2) is 0 Å². The Morgan fingerprint density at radius 3 is 2.71 bits per heavy atom. The molecule has 21 heavy (non-hydrogen) atoms. The highest BCUT2D eigenvalue weighted by Gasteiger charge is 2.30. The third kappa shape index (κ3) is 6.02. The zero-order valence-corrected chi connectivity index (χ0v) is 13.7. The molecule has 1 aliphatic rings. The van der Waals surface area contributed by atoms with Crippen molar-refractivity contribution >= 4 is 5.78 Å². The maximum atomic E-state index is 12.2. The first-order valence-electron chi connectivity index (χ1n) is 7.77. The lowest BCUT2D eigenvalue weighted by atomic mass is 9.93. The van der Waals surface area contributed by atoms with E-state index in [-0.39, 0.29) is 11.9 Å². The van der Waals surface area contributed by atoms with Crippen molar-refractivity contribution in [3.8, 4) is 0 Å². The van der Waals surface area contributed by atoms with Crippen LogP contribution in [0.5, 0.6) is 0 Å². The number of carbonyl (C=O) groups excluding carboxylic acids is 1. The molecular formula is C17H28O4. The second-order valence-corrected chi connectivity index (χ2v) is 5.54. The van der Waals surface area contributed by atoms with Crippen molar-refractivity contribution in [1.82, 2.24) is 0 Å². The maximum Gasteiger partial charge on any atom is 0.169 e. The molecule has 0 bridgehead atoms. The fourth-order valence-corrected chi connectivity index (χ4v) is 2.17. The molecule has 0 aromatic rings. The van der Waals surface area contributed by atoms with Gasteiger partial charge in [-0.15, -0.1) is 0 Å². The first kappa shape index (κ1) is 17.9. The minimum atomic E-state index is -0.0359. The van der Waals surface area contributed by atoms with Crippen LogP contribution in [0.4, 0.5) is 0 Å². The predicted molar refractivity (Wildman–Crippen MR) is 83.1 cm³/mol. The summed E-state index contributed by atoms with van der Waals surface area (Å²) < 4.78 is 16.5. The van der Waals surface area contributed by atoms with Crippen molar-refractivity contribution in [3.63, 3.8) is 0 Å². The van der Waals surface area contributed by atoms with E-state index in [1.165, 1.54) is 0 Å². The molecule has 1 unspecified atom stereocenters. The Bertz CT molecular complexity index is 382. The summed E-state index contributed by atoms with van der Waals surface area (Å²) in [6.07, 6.45) is 5.94. The number of rotatable bonds is 8. The van der Waals surface area contributed by atoms with Crippen LogP contribution in [0.1, 0.15) is 40.0 Å². The molecular weight excluding hydrogens is 268 g/mol. The van der Waals surface area contributed by atoms with Crippen molar-refractivity contribution in [2.75, 3.05) is 26.9 Å². The van der Waals surface area contributed by atoms with E-state index in [1.807, 2.05) is 19.1 Å². The lowest BCUT2D eigenvalue weighted by Gasteiger charge is -2.29. The number of hydrogen-bond acceptors (Lipinski definition) is 4. The Morgan fingerprint density at radius 2 is 2.10 bits per heavy atom. The molecule has 1 atom stereocenters. The van der Waals surface area contributed by atoms with Crippen LogP contribution in [0.15, 0.2) is 23.5 Å². The number of hydrogen-bond donors (Lipinski definition) is 0. The van der Waals surface area contributed by atoms with Gasteiger partial charge in [0.2, 0.25) is 0 Å². The molecule has 4 nitrogen and oxygen atoms in total. The summed E-state index contributed by atoms with van der Waals surface area (Å²) >= 11 is 0. The predicted octanol–water partition coefficient (Wildman–Crippen LogP) is 3.27. The Balaban J connectivity index is 2.63. The van der Waals surface area contributed by atoms with Gasteiger partial charge >= 0.3 is 0 Å². The second kappa shape index (κ2) is 9.74. The van der Waals surface area contributed by atoms with Gasteiger partial charge in [-0.05, 0) is 24.8 Å². The van der Waals surface area contributed by atoms with Crippen molar-refractivity contribution in [2.24, 2.45) is 5.92 Å². The average Bonchev–Trinajstić information content (AvgIpc) is 2.45. The van der Waals surface area contributed by atoms with E-state index in [1.54, 1.807) is 7.11 Å². The van der Waals surface area contributed by atoms with E-state index in [4.69, 9.17) is 14.2 Å². The largest absolute Gasteiger partial charge is 0.489 e.